The number of carboxylic acid groups (broad SMARTS) is 1. The van der Waals surface area contributed by atoms with Crippen molar-refractivity contribution in [1.29, 1.82) is 0 Å². The molecular weight excluding hydrogens is 568 g/mol. The van der Waals surface area contributed by atoms with Crippen LogP contribution in [0.4, 0.5) is 17.6 Å². The van der Waals surface area contributed by atoms with Crippen LogP contribution in [0.2, 0.25) is 5.02 Å². The Morgan fingerprint density at radius 2 is 1.92 bits per heavy atom. The zero-order valence-corrected chi connectivity index (χ0v) is 22.0. The third-order valence-corrected chi connectivity index (χ3v) is 9.11. The van der Waals surface area contributed by atoms with Gasteiger partial charge in [0.25, 0.3) is 0 Å². The Morgan fingerprint density at radius 3 is 2.59 bits per heavy atom. The highest BCUT2D eigenvalue weighted by atomic mass is 35.5. The number of nitrogens with zero attached hydrogens (tertiary/aromatic N) is 5. The molecule has 0 aliphatic carbocycles. The van der Waals surface area contributed by atoms with Crippen LogP contribution in [0.1, 0.15) is 25.3 Å². The molecule has 2 N–H and O–H groups in total. The summed E-state index contributed by atoms with van der Waals surface area (Å²) in [5.74, 6) is -2.16. The Morgan fingerprint density at radius 1 is 1.23 bits per heavy atom. The van der Waals surface area contributed by atoms with Gasteiger partial charge in [-0.25, -0.2) is 23.9 Å². The van der Waals surface area contributed by atoms with Gasteiger partial charge in [-0.05, 0) is 38.0 Å². The highest BCUT2D eigenvalue weighted by Crippen LogP contribution is 2.37. The molecule has 0 radical (unpaired) electrons. The van der Waals surface area contributed by atoms with Crippen LogP contribution in [0.15, 0.2) is 46.2 Å². The number of hydrogen-bond donors (Lipinski definition) is 3. The van der Waals surface area contributed by atoms with Crippen LogP contribution in [0.25, 0.3) is 22.8 Å². The maximum atomic E-state index is 15.0. The fraction of sp³-hybridized carbons (Fsp3) is 0.348. The lowest BCUT2D eigenvalue weighted by Gasteiger charge is -2.43. The number of carbonyl (C=O) groups is 1. The molecule has 1 saturated heterocycles. The van der Waals surface area contributed by atoms with E-state index in [1.165, 1.54) is 18.5 Å². The van der Waals surface area contributed by atoms with E-state index in [1.54, 1.807) is 28.8 Å². The predicted molar refractivity (Wildman–Crippen MR) is 136 cm³/mol. The average Bonchev–Trinajstić information content (AvgIpc) is 3.28. The molecule has 0 spiro atoms. The molecular formula is C23H23ClF4N6O4S. The topological polar surface area (TPSA) is 134 Å². The normalized spacial score (nSPS) is 21.2. The molecule has 1 fully saturated rings. The molecule has 0 bridgehead atoms. The number of hydrogen-bond acceptors (Lipinski definition) is 7. The molecule has 0 saturated carbocycles. The zero-order chi connectivity index (χ0) is 28.4. The maximum absolute atomic E-state index is 15.0. The standard InChI is InChI=1S/C21H22ClFN6O2S.C2HF3O2/c1-21(12-32(30)27-6-2-3-7-29(32)13-26-21)16-8-14(4-5-17(16)23)19-9-18(28-31-19)20-24-10-15(22)11-25-20;3-2(4,5)1(6)7/h4-5,8-11,13,32H,2-3,6-7,12H2,1H3,(H,27,30);(H,6,7). The molecule has 39 heavy (non-hydrogen) atoms. The number of fused-ring (bicyclic) bond motifs is 1. The minimum atomic E-state index is -5.08. The van der Waals surface area contributed by atoms with Crippen LogP contribution in [-0.2, 0) is 20.6 Å². The van der Waals surface area contributed by atoms with Crippen LogP contribution in [0.5, 0.6) is 0 Å². The van der Waals surface area contributed by atoms with E-state index < -0.39 is 33.8 Å². The van der Waals surface area contributed by atoms with E-state index in [1.807, 2.05) is 6.92 Å². The smallest absolute Gasteiger partial charge is 0.475 e. The van der Waals surface area contributed by atoms with Gasteiger partial charge in [-0.1, -0.05) is 16.8 Å². The largest absolute Gasteiger partial charge is 0.490 e. The molecule has 1 atom stereocenters. The van der Waals surface area contributed by atoms with Crippen LogP contribution in [-0.4, -0.2) is 66.1 Å². The number of aliphatic imine (C=N–C) groups is 1. The van der Waals surface area contributed by atoms with Gasteiger partial charge in [-0.2, -0.15) is 13.2 Å². The summed E-state index contributed by atoms with van der Waals surface area (Å²) in [5.41, 5.74) is 0.436. The number of halogens is 5. The molecule has 0 amide bonds. The van der Waals surface area contributed by atoms with Crippen molar-refractivity contribution >= 4 is 34.2 Å². The molecule has 3 aromatic rings. The van der Waals surface area contributed by atoms with Crippen molar-refractivity contribution in [3.8, 4) is 22.8 Å². The van der Waals surface area contributed by atoms with Gasteiger partial charge in [0.2, 0.25) is 0 Å². The molecule has 210 valence electrons. The third-order valence-electron chi connectivity index (χ3n) is 6.02. The molecule has 2 aromatic heterocycles. The first-order valence-electron chi connectivity index (χ1n) is 11.5. The first-order chi connectivity index (χ1) is 18.3. The average molecular weight is 591 g/mol. The summed E-state index contributed by atoms with van der Waals surface area (Å²) in [4.78, 5) is 21.8. The first kappa shape index (κ1) is 28.6. The molecule has 16 heteroatoms. The predicted octanol–water partition coefficient (Wildman–Crippen LogP) is 4.01. The summed E-state index contributed by atoms with van der Waals surface area (Å²) >= 11 is 5.84. The van der Waals surface area contributed by atoms with Crippen LogP contribution in [0.3, 0.4) is 0 Å². The van der Waals surface area contributed by atoms with Crippen molar-refractivity contribution < 1.29 is 36.2 Å². The Hall–Kier alpha value is -3.43. The summed E-state index contributed by atoms with van der Waals surface area (Å²) in [6.07, 6.45) is 1.36. The van der Waals surface area contributed by atoms with Crippen LogP contribution in [0, 0.1) is 5.82 Å². The minimum absolute atomic E-state index is 0.205. The SMILES string of the molecule is CC1(c2cc(-c3cc(-c4ncc(Cl)cn4)no3)ccc2F)C[SH]2(=O)NCCCCN2C=N1.O=C(O)C(F)(F)F. The fourth-order valence-electron chi connectivity index (χ4n) is 4.05. The van der Waals surface area contributed by atoms with Gasteiger partial charge in [0.1, 0.15) is 5.82 Å². The van der Waals surface area contributed by atoms with Crippen molar-refractivity contribution in [3.05, 3.63) is 53.1 Å². The Bertz CT molecular complexity index is 1430. The second kappa shape index (κ2) is 11.0. The first-order valence-corrected chi connectivity index (χ1v) is 13.7. The summed E-state index contributed by atoms with van der Waals surface area (Å²) in [6.45, 7) is 3.16. The van der Waals surface area contributed by atoms with E-state index in [2.05, 4.69) is 24.8 Å². The number of aliphatic carboxylic acids is 1. The second-order valence-electron chi connectivity index (χ2n) is 8.96. The lowest BCUT2D eigenvalue weighted by atomic mass is 9.92. The number of benzene rings is 1. The Balaban J connectivity index is 0.000000448. The van der Waals surface area contributed by atoms with Gasteiger partial charge in [0, 0.05) is 53.0 Å². The van der Waals surface area contributed by atoms with E-state index in [0.717, 1.165) is 12.8 Å². The summed E-state index contributed by atoms with van der Waals surface area (Å²) in [6, 6.07) is 6.35. The van der Waals surface area contributed by atoms with Gasteiger partial charge in [0.15, 0.2) is 17.3 Å². The Kier molecular flexibility index (Phi) is 8.04. The number of carboxylic acids is 1. The highest BCUT2D eigenvalue weighted by Gasteiger charge is 2.41. The van der Waals surface area contributed by atoms with Crippen molar-refractivity contribution in [2.45, 2.75) is 31.5 Å². The number of nitrogens with one attached hydrogen (secondary N) is 1. The Labute approximate surface area is 225 Å². The van der Waals surface area contributed by atoms with Gasteiger partial charge in [-0.3, -0.25) is 13.5 Å². The van der Waals surface area contributed by atoms with E-state index in [0.29, 0.717) is 46.5 Å². The van der Waals surface area contributed by atoms with Crippen molar-refractivity contribution in [2.24, 2.45) is 4.99 Å². The lowest BCUT2D eigenvalue weighted by molar-refractivity contribution is -0.192. The number of thiol groups is 1. The molecule has 5 rings (SSSR count). The van der Waals surface area contributed by atoms with E-state index in [9.17, 15) is 21.8 Å². The van der Waals surface area contributed by atoms with E-state index in [-0.39, 0.29) is 5.75 Å². The van der Waals surface area contributed by atoms with E-state index in [4.69, 9.17) is 26.0 Å². The lowest BCUT2D eigenvalue weighted by Crippen LogP contribution is -2.55. The van der Waals surface area contributed by atoms with Crippen molar-refractivity contribution in [2.75, 3.05) is 18.8 Å². The molecule has 10 nitrogen and oxygen atoms in total. The van der Waals surface area contributed by atoms with Gasteiger partial charge in [-0.15, -0.1) is 0 Å². The number of rotatable bonds is 3. The van der Waals surface area contributed by atoms with E-state index >= 15 is 0 Å². The van der Waals surface area contributed by atoms with Gasteiger partial charge < -0.3 is 9.63 Å². The molecule has 1 unspecified atom stereocenters. The number of alkyl halides is 3. The minimum Gasteiger partial charge on any atom is -0.475 e. The molecule has 4 heterocycles. The summed E-state index contributed by atoms with van der Waals surface area (Å²) < 4.78 is 70.8. The molecule has 2 aliphatic rings. The number of aromatic nitrogens is 3. The van der Waals surface area contributed by atoms with Gasteiger partial charge in [0.05, 0.1) is 22.7 Å². The monoisotopic (exact) mass is 590 g/mol. The summed E-state index contributed by atoms with van der Waals surface area (Å²) in [5, 5.41) is 11.6. The fourth-order valence-corrected chi connectivity index (χ4v) is 6.90. The molecule has 1 aromatic carbocycles. The van der Waals surface area contributed by atoms with Crippen LogP contribution >= 0.6 is 11.6 Å². The quantitative estimate of drug-likeness (QED) is 0.310. The second-order valence-corrected chi connectivity index (χ2v) is 11.9. The zero-order valence-electron chi connectivity index (χ0n) is 20.3. The van der Waals surface area contributed by atoms with Crippen molar-refractivity contribution in [1.82, 2.24) is 24.2 Å². The molecule has 2 aliphatic heterocycles. The third kappa shape index (κ3) is 6.42. The summed E-state index contributed by atoms with van der Waals surface area (Å²) in [7, 11) is -2.89. The van der Waals surface area contributed by atoms with Crippen LogP contribution < -0.4 is 4.72 Å². The maximum Gasteiger partial charge on any atom is 0.490 e. The highest BCUT2D eigenvalue weighted by molar-refractivity contribution is 7.99. The van der Waals surface area contributed by atoms with Gasteiger partial charge >= 0.3 is 12.1 Å². The van der Waals surface area contributed by atoms with Crippen molar-refractivity contribution in [3.63, 3.8) is 0 Å².